The summed E-state index contributed by atoms with van der Waals surface area (Å²) >= 11 is 3.33. The second kappa shape index (κ2) is 9.20. The quantitative estimate of drug-likeness (QED) is 0.224. The molecular formula is C24H34N4OS2. The van der Waals surface area contributed by atoms with Gasteiger partial charge in [0.25, 0.3) is 0 Å². The first-order valence-electron chi connectivity index (χ1n) is 11.4. The van der Waals surface area contributed by atoms with Crippen LogP contribution in [0.5, 0.6) is 0 Å². The SMILES string of the molecule is CCCCCCNc1nc(SC)nc2c1sc1nc(C(C)C)c3c(c12)CC(C)(C)OC3. The van der Waals surface area contributed by atoms with Crippen LogP contribution in [0.1, 0.15) is 83.0 Å². The average molecular weight is 459 g/mol. The highest BCUT2D eigenvalue weighted by atomic mass is 32.2. The standard InChI is InChI=1S/C24H34N4OS2/c1-7-8-9-10-11-25-21-20-19(27-23(28-21)30-6)17-15-12-24(4,5)29-13-16(15)18(14(2)3)26-22(17)31-20/h14H,7-13H2,1-6H3,(H,25,27,28). The summed E-state index contributed by atoms with van der Waals surface area (Å²) in [5.74, 6) is 1.32. The molecule has 1 aliphatic rings. The van der Waals surface area contributed by atoms with Crippen LogP contribution in [0.3, 0.4) is 0 Å². The second-order valence-corrected chi connectivity index (χ2v) is 11.1. The molecule has 0 aromatic carbocycles. The van der Waals surface area contributed by atoms with Gasteiger partial charge in [-0.05, 0) is 38.0 Å². The van der Waals surface area contributed by atoms with E-state index in [0.717, 1.165) is 51.1 Å². The third-order valence-electron chi connectivity index (χ3n) is 5.95. The van der Waals surface area contributed by atoms with Crippen molar-refractivity contribution in [2.75, 3.05) is 18.1 Å². The van der Waals surface area contributed by atoms with Crippen molar-refractivity contribution in [2.45, 2.75) is 90.0 Å². The minimum absolute atomic E-state index is 0.181. The lowest BCUT2D eigenvalue weighted by atomic mass is 9.87. The summed E-state index contributed by atoms with van der Waals surface area (Å²) in [6.07, 6.45) is 7.87. The molecule has 0 saturated carbocycles. The van der Waals surface area contributed by atoms with Crippen LogP contribution in [0.15, 0.2) is 5.16 Å². The Morgan fingerprint density at radius 3 is 2.65 bits per heavy atom. The van der Waals surface area contributed by atoms with Crippen molar-refractivity contribution in [3.05, 3.63) is 16.8 Å². The molecule has 168 valence electrons. The topological polar surface area (TPSA) is 59.9 Å². The Morgan fingerprint density at radius 2 is 1.94 bits per heavy atom. The fraction of sp³-hybridized carbons (Fsp3) is 0.625. The molecular weight excluding hydrogens is 424 g/mol. The Bertz CT molecular complexity index is 1090. The van der Waals surface area contributed by atoms with Crippen molar-refractivity contribution >= 4 is 49.3 Å². The third-order valence-corrected chi connectivity index (χ3v) is 7.58. The van der Waals surface area contributed by atoms with Crippen LogP contribution in [-0.2, 0) is 17.8 Å². The Labute approximate surface area is 193 Å². The van der Waals surface area contributed by atoms with Gasteiger partial charge in [0.2, 0.25) is 0 Å². The van der Waals surface area contributed by atoms with Crippen molar-refractivity contribution in [1.82, 2.24) is 15.0 Å². The van der Waals surface area contributed by atoms with Crippen LogP contribution < -0.4 is 5.32 Å². The zero-order valence-electron chi connectivity index (χ0n) is 19.6. The molecule has 3 aromatic heterocycles. The molecule has 5 nitrogen and oxygen atoms in total. The van der Waals surface area contributed by atoms with Gasteiger partial charge in [0.05, 0.1) is 28.1 Å². The van der Waals surface area contributed by atoms with E-state index < -0.39 is 0 Å². The predicted molar refractivity (Wildman–Crippen MR) is 134 cm³/mol. The van der Waals surface area contributed by atoms with E-state index in [1.807, 2.05) is 6.26 Å². The van der Waals surface area contributed by atoms with Crippen molar-refractivity contribution in [1.29, 1.82) is 0 Å². The maximum atomic E-state index is 6.19. The van der Waals surface area contributed by atoms with E-state index in [9.17, 15) is 0 Å². The lowest BCUT2D eigenvalue weighted by Gasteiger charge is -2.33. The van der Waals surface area contributed by atoms with Crippen molar-refractivity contribution < 1.29 is 4.74 Å². The number of thioether (sulfide) groups is 1. The van der Waals surface area contributed by atoms with Gasteiger partial charge in [-0.25, -0.2) is 15.0 Å². The molecule has 4 heterocycles. The van der Waals surface area contributed by atoms with E-state index in [4.69, 9.17) is 19.7 Å². The van der Waals surface area contributed by atoms with E-state index in [2.05, 4.69) is 39.9 Å². The van der Waals surface area contributed by atoms with Crippen molar-refractivity contribution in [3.8, 4) is 0 Å². The molecule has 0 spiro atoms. The third kappa shape index (κ3) is 4.55. The summed E-state index contributed by atoms with van der Waals surface area (Å²) in [5, 5.41) is 5.64. The molecule has 0 aliphatic carbocycles. The fourth-order valence-corrected chi connectivity index (χ4v) is 5.81. The second-order valence-electron chi connectivity index (χ2n) is 9.34. The fourth-order valence-electron chi connectivity index (χ4n) is 4.33. The molecule has 0 atom stereocenters. The molecule has 0 bridgehead atoms. The molecule has 0 amide bonds. The molecule has 0 fully saturated rings. The number of anilines is 1. The van der Waals surface area contributed by atoms with E-state index >= 15 is 0 Å². The van der Waals surface area contributed by atoms with Gasteiger partial charge in [0.1, 0.15) is 10.6 Å². The van der Waals surface area contributed by atoms with Gasteiger partial charge in [0, 0.05) is 23.9 Å². The number of hydrogen-bond acceptors (Lipinski definition) is 7. The number of nitrogens with zero attached hydrogens (tertiary/aromatic N) is 3. The predicted octanol–water partition coefficient (Wildman–Crippen LogP) is 6.93. The van der Waals surface area contributed by atoms with E-state index in [-0.39, 0.29) is 5.60 Å². The highest BCUT2D eigenvalue weighted by Gasteiger charge is 2.32. The first-order valence-corrected chi connectivity index (χ1v) is 13.5. The Kier molecular flexibility index (Phi) is 6.75. The normalized spacial score (nSPS) is 15.7. The summed E-state index contributed by atoms with van der Waals surface area (Å²) < 4.78 is 7.32. The molecule has 1 aliphatic heterocycles. The summed E-state index contributed by atoms with van der Waals surface area (Å²) in [6.45, 7) is 12.6. The number of pyridine rings is 1. The number of rotatable bonds is 8. The van der Waals surface area contributed by atoms with Gasteiger partial charge in [-0.2, -0.15) is 0 Å². The van der Waals surface area contributed by atoms with Crippen LogP contribution >= 0.6 is 23.1 Å². The summed E-state index contributed by atoms with van der Waals surface area (Å²) in [6, 6.07) is 0. The van der Waals surface area contributed by atoms with Gasteiger partial charge >= 0.3 is 0 Å². The minimum atomic E-state index is -0.181. The van der Waals surface area contributed by atoms with Crippen LogP contribution in [0, 0.1) is 0 Å². The molecule has 1 N–H and O–H groups in total. The average Bonchev–Trinajstić information content (AvgIpc) is 3.10. The number of nitrogens with one attached hydrogen (secondary N) is 1. The van der Waals surface area contributed by atoms with Crippen LogP contribution in [0.2, 0.25) is 0 Å². The number of aromatic nitrogens is 3. The van der Waals surface area contributed by atoms with Gasteiger partial charge < -0.3 is 10.1 Å². The Morgan fingerprint density at radius 1 is 1.13 bits per heavy atom. The summed E-state index contributed by atoms with van der Waals surface area (Å²) in [7, 11) is 0. The van der Waals surface area contributed by atoms with Gasteiger partial charge in [-0.15, -0.1) is 11.3 Å². The lowest BCUT2D eigenvalue weighted by molar-refractivity contribution is -0.0402. The summed E-state index contributed by atoms with van der Waals surface area (Å²) in [5.41, 5.74) is 4.67. The highest BCUT2D eigenvalue weighted by molar-refractivity contribution is 7.98. The van der Waals surface area contributed by atoms with E-state index in [1.165, 1.54) is 35.8 Å². The van der Waals surface area contributed by atoms with Crippen molar-refractivity contribution in [3.63, 3.8) is 0 Å². The van der Waals surface area contributed by atoms with Gasteiger partial charge in [-0.3, -0.25) is 0 Å². The first-order chi connectivity index (χ1) is 14.8. The maximum absolute atomic E-state index is 6.19. The summed E-state index contributed by atoms with van der Waals surface area (Å²) in [4.78, 5) is 16.0. The number of hydrogen-bond donors (Lipinski definition) is 1. The highest BCUT2D eigenvalue weighted by Crippen LogP contribution is 2.43. The van der Waals surface area contributed by atoms with Gasteiger partial charge in [-0.1, -0.05) is 51.8 Å². The smallest absolute Gasteiger partial charge is 0.189 e. The molecule has 0 radical (unpaired) electrons. The lowest BCUT2D eigenvalue weighted by Crippen LogP contribution is -2.32. The minimum Gasteiger partial charge on any atom is -0.370 e. The molecule has 31 heavy (non-hydrogen) atoms. The maximum Gasteiger partial charge on any atom is 0.189 e. The number of ether oxygens (including phenoxy) is 1. The number of thiophene rings is 1. The molecule has 0 unspecified atom stereocenters. The van der Waals surface area contributed by atoms with Gasteiger partial charge in [0.15, 0.2) is 5.16 Å². The molecule has 0 saturated heterocycles. The van der Waals surface area contributed by atoms with E-state index in [1.54, 1.807) is 23.1 Å². The molecule has 7 heteroatoms. The molecule has 4 rings (SSSR count). The monoisotopic (exact) mass is 458 g/mol. The zero-order chi connectivity index (χ0) is 22.2. The van der Waals surface area contributed by atoms with Crippen LogP contribution in [0.25, 0.3) is 20.4 Å². The Balaban J connectivity index is 1.88. The molecule has 3 aromatic rings. The number of fused-ring (bicyclic) bond motifs is 5. The zero-order valence-corrected chi connectivity index (χ0v) is 21.2. The van der Waals surface area contributed by atoms with Crippen LogP contribution in [-0.4, -0.2) is 33.4 Å². The number of unbranched alkanes of at least 4 members (excludes halogenated alkanes) is 3. The van der Waals surface area contributed by atoms with Crippen molar-refractivity contribution in [2.24, 2.45) is 0 Å². The Hall–Kier alpha value is -1.44. The largest absolute Gasteiger partial charge is 0.370 e. The first kappa shape index (κ1) is 22.7. The van der Waals surface area contributed by atoms with E-state index in [0.29, 0.717) is 12.5 Å². The van der Waals surface area contributed by atoms with Crippen LogP contribution in [0.4, 0.5) is 5.82 Å².